The van der Waals surface area contributed by atoms with Gasteiger partial charge in [-0.1, -0.05) is 26.7 Å². The Balaban J connectivity index is 2.14. The highest BCUT2D eigenvalue weighted by Crippen LogP contribution is 2.27. The summed E-state index contributed by atoms with van der Waals surface area (Å²) in [6, 6.07) is 4.28. The fraction of sp³-hybridized carbons (Fsp3) is 0.688. The Morgan fingerprint density at radius 2 is 2.00 bits per heavy atom. The quantitative estimate of drug-likeness (QED) is 0.884. The van der Waals surface area contributed by atoms with Gasteiger partial charge in [-0.3, -0.25) is 0 Å². The first kappa shape index (κ1) is 14.3. The molecule has 3 nitrogen and oxygen atoms in total. The number of hydrogen-bond donors (Lipinski definition) is 1. The van der Waals surface area contributed by atoms with Crippen LogP contribution in [0.2, 0.25) is 0 Å². The first-order chi connectivity index (χ1) is 9.10. The van der Waals surface area contributed by atoms with Gasteiger partial charge in [0.1, 0.15) is 5.82 Å². The van der Waals surface area contributed by atoms with Gasteiger partial charge in [-0.15, -0.1) is 0 Å². The molecule has 0 unspecified atom stereocenters. The summed E-state index contributed by atoms with van der Waals surface area (Å²) in [5, 5.41) is 0. The molecule has 1 heterocycles. The van der Waals surface area contributed by atoms with E-state index in [0.717, 1.165) is 24.0 Å². The predicted molar refractivity (Wildman–Crippen MR) is 81.4 cm³/mol. The molecule has 0 bridgehead atoms. The van der Waals surface area contributed by atoms with E-state index in [4.69, 9.17) is 10.7 Å². The third kappa shape index (κ3) is 3.69. The molecule has 2 rings (SSSR count). The average Bonchev–Trinajstić information content (AvgIpc) is 2.90. The summed E-state index contributed by atoms with van der Waals surface area (Å²) in [7, 11) is 2.16. The average molecular weight is 261 g/mol. The highest BCUT2D eigenvalue weighted by Gasteiger charge is 2.18. The van der Waals surface area contributed by atoms with Crippen molar-refractivity contribution in [2.75, 3.05) is 18.5 Å². The fourth-order valence-electron chi connectivity index (χ4n) is 2.88. The van der Waals surface area contributed by atoms with Gasteiger partial charge in [0.15, 0.2) is 0 Å². The van der Waals surface area contributed by atoms with Gasteiger partial charge in [0.25, 0.3) is 0 Å². The summed E-state index contributed by atoms with van der Waals surface area (Å²) in [4.78, 5) is 7.10. The summed E-state index contributed by atoms with van der Waals surface area (Å²) in [6.07, 6.45) is 5.54. The minimum absolute atomic E-state index is 0.449. The van der Waals surface area contributed by atoms with Crippen molar-refractivity contribution in [1.29, 1.82) is 0 Å². The zero-order chi connectivity index (χ0) is 13.8. The molecule has 0 saturated heterocycles. The Bertz CT molecular complexity index is 408. The van der Waals surface area contributed by atoms with Gasteiger partial charge in [-0.2, -0.15) is 0 Å². The van der Waals surface area contributed by atoms with E-state index >= 15 is 0 Å². The van der Waals surface area contributed by atoms with E-state index < -0.39 is 0 Å². The largest absolute Gasteiger partial charge is 0.359 e. The first-order valence-electron chi connectivity index (χ1n) is 7.52. The molecule has 1 fully saturated rings. The number of nitrogens with zero attached hydrogens (tertiary/aromatic N) is 2. The van der Waals surface area contributed by atoms with Gasteiger partial charge in [-0.25, -0.2) is 4.98 Å². The molecule has 1 aliphatic carbocycles. The second-order valence-electron chi connectivity index (χ2n) is 6.15. The van der Waals surface area contributed by atoms with E-state index in [2.05, 4.69) is 37.9 Å². The van der Waals surface area contributed by atoms with Crippen LogP contribution in [0, 0.1) is 5.92 Å². The summed E-state index contributed by atoms with van der Waals surface area (Å²) < 4.78 is 0. The van der Waals surface area contributed by atoms with E-state index in [1.807, 2.05) is 0 Å². The maximum absolute atomic E-state index is 5.81. The van der Waals surface area contributed by atoms with Crippen molar-refractivity contribution >= 4 is 5.82 Å². The van der Waals surface area contributed by atoms with Crippen molar-refractivity contribution in [2.45, 2.75) is 52.0 Å². The highest BCUT2D eigenvalue weighted by molar-refractivity contribution is 5.42. The zero-order valence-electron chi connectivity index (χ0n) is 12.5. The van der Waals surface area contributed by atoms with Crippen molar-refractivity contribution in [3.63, 3.8) is 0 Å². The maximum Gasteiger partial charge on any atom is 0.128 e. The summed E-state index contributed by atoms with van der Waals surface area (Å²) >= 11 is 0. The molecule has 19 heavy (non-hydrogen) atoms. The Morgan fingerprint density at radius 1 is 1.32 bits per heavy atom. The first-order valence-corrected chi connectivity index (χ1v) is 7.52. The van der Waals surface area contributed by atoms with E-state index in [1.54, 1.807) is 0 Å². The predicted octanol–water partition coefficient (Wildman–Crippen LogP) is 3.29. The lowest BCUT2D eigenvalue weighted by atomic mass is 10.1. The molecule has 0 radical (unpaired) electrons. The lowest BCUT2D eigenvalue weighted by Crippen LogP contribution is -2.25. The van der Waals surface area contributed by atoms with Crippen LogP contribution in [-0.2, 0) is 6.54 Å². The number of anilines is 1. The van der Waals surface area contributed by atoms with Gasteiger partial charge in [0.2, 0.25) is 0 Å². The van der Waals surface area contributed by atoms with E-state index in [0.29, 0.717) is 12.5 Å². The van der Waals surface area contributed by atoms with Gasteiger partial charge in [-0.05, 0) is 42.4 Å². The van der Waals surface area contributed by atoms with Crippen LogP contribution >= 0.6 is 0 Å². The van der Waals surface area contributed by atoms with Crippen molar-refractivity contribution in [3.05, 3.63) is 23.4 Å². The second kappa shape index (κ2) is 6.38. The van der Waals surface area contributed by atoms with Gasteiger partial charge in [0.05, 0.1) is 0 Å². The summed E-state index contributed by atoms with van der Waals surface area (Å²) in [5.74, 6) is 2.37. The molecule has 3 heteroatoms. The number of rotatable bonds is 5. The Morgan fingerprint density at radius 3 is 2.58 bits per heavy atom. The third-order valence-corrected chi connectivity index (χ3v) is 4.12. The minimum atomic E-state index is 0.449. The minimum Gasteiger partial charge on any atom is -0.359 e. The van der Waals surface area contributed by atoms with Crippen LogP contribution in [0.25, 0.3) is 0 Å². The van der Waals surface area contributed by atoms with Crippen LogP contribution < -0.4 is 10.6 Å². The topological polar surface area (TPSA) is 42.1 Å². The van der Waals surface area contributed by atoms with Gasteiger partial charge < -0.3 is 10.6 Å². The molecule has 1 aliphatic rings. The van der Waals surface area contributed by atoms with Crippen LogP contribution in [0.3, 0.4) is 0 Å². The summed E-state index contributed by atoms with van der Waals surface area (Å²) in [5.41, 5.74) is 8.14. The number of aromatic nitrogens is 1. The molecule has 2 N–H and O–H groups in total. The van der Waals surface area contributed by atoms with E-state index in [1.165, 1.54) is 31.2 Å². The van der Waals surface area contributed by atoms with Gasteiger partial charge in [0, 0.05) is 25.8 Å². The lowest BCUT2D eigenvalue weighted by Gasteiger charge is -2.23. The van der Waals surface area contributed by atoms with Crippen LogP contribution in [0.5, 0.6) is 0 Å². The Kier molecular flexibility index (Phi) is 4.81. The molecule has 106 valence electrons. The third-order valence-electron chi connectivity index (χ3n) is 4.12. The molecular formula is C16H27N3. The summed E-state index contributed by atoms with van der Waals surface area (Å²) in [6.45, 7) is 6.08. The number of hydrogen-bond acceptors (Lipinski definition) is 3. The standard InChI is InChI=1S/C16H27N3/c1-12(2)15-8-14(10-17)9-16(18-15)19(3)11-13-6-4-5-7-13/h8-9,12-13H,4-7,10-11,17H2,1-3H3. The van der Waals surface area contributed by atoms with Crippen LogP contribution in [0.4, 0.5) is 5.82 Å². The molecule has 0 atom stereocenters. The van der Waals surface area contributed by atoms with E-state index in [9.17, 15) is 0 Å². The van der Waals surface area contributed by atoms with Gasteiger partial charge >= 0.3 is 0 Å². The smallest absolute Gasteiger partial charge is 0.128 e. The lowest BCUT2D eigenvalue weighted by molar-refractivity contribution is 0.544. The molecule has 1 aromatic heterocycles. The number of pyridine rings is 1. The van der Waals surface area contributed by atoms with Crippen molar-refractivity contribution in [1.82, 2.24) is 4.98 Å². The second-order valence-corrected chi connectivity index (χ2v) is 6.15. The molecule has 0 amide bonds. The Labute approximate surface area is 117 Å². The SMILES string of the molecule is CC(C)c1cc(CN)cc(N(C)CC2CCCC2)n1. The van der Waals surface area contributed by atoms with Crippen LogP contribution in [0.15, 0.2) is 12.1 Å². The molecular weight excluding hydrogens is 234 g/mol. The number of nitrogens with two attached hydrogens (primary N) is 1. The van der Waals surface area contributed by atoms with E-state index in [-0.39, 0.29) is 0 Å². The molecule has 1 saturated carbocycles. The molecule has 0 spiro atoms. The van der Waals surface area contributed by atoms with Crippen molar-refractivity contribution < 1.29 is 0 Å². The Hall–Kier alpha value is -1.09. The van der Waals surface area contributed by atoms with Crippen molar-refractivity contribution in [2.24, 2.45) is 11.7 Å². The zero-order valence-corrected chi connectivity index (χ0v) is 12.5. The van der Waals surface area contributed by atoms with Crippen molar-refractivity contribution in [3.8, 4) is 0 Å². The van der Waals surface area contributed by atoms with Crippen LogP contribution in [-0.4, -0.2) is 18.6 Å². The fourth-order valence-corrected chi connectivity index (χ4v) is 2.88. The molecule has 0 aromatic carbocycles. The molecule has 0 aliphatic heterocycles. The maximum atomic E-state index is 5.81. The molecule has 1 aromatic rings. The monoisotopic (exact) mass is 261 g/mol. The normalized spacial score (nSPS) is 16.3. The highest BCUT2D eigenvalue weighted by atomic mass is 15.2. The van der Waals surface area contributed by atoms with Crippen LogP contribution in [0.1, 0.15) is 56.7 Å².